The second-order valence-corrected chi connectivity index (χ2v) is 7.09. The number of rotatable bonds is 4. The first kappa shape index (κ1) is 20.8. The quantitative estimate of drug-likeness (QED) is 0.713. The van der Waals surface area contributed by atoms with Crippen molar-refractivity contribution in [1.82, 2.24) is 24.8 Å². The molecular weight excluding hydrogens is 376 g/mol. The molecule has 29 heavy (non-hydrogen) atoms. The van der Waals surface area contributed by atoms with Gasteiger partial charge in [0.1, 0.15) is 11.5 Å². The Hall–Kier alpha value is -2.90. The molecule has 1 aromatic carbocycles. The molecule has 0 aliphatic heterocycles. The Morgan fingerprint density at radius 2 is 1.93 bits per heavy atom. The third kappa shape index (κ3) is 4.11. The topological polar surface area (TPSA) is 72.7 Å². The number of imidazole rings is 1. The molecular formula is C21H25F2N5O. The summed E-state index contributed by atoms with van der Waals surface area (Å²) in [5, 5.41) is 2.70. The number of nitrogens with one attached hydrogen (secondary N) is 1. The van der Waals surface area contributed by atoms with Gasteiger partial charge in [0.25, 0.3) is 11.8 Å². The summed E-state index contributed by atoms with van der Waals surface area (Å²) in [6, 6.07) is 4.83. The van der Waals surface area contributed by atoms with Crippen LogP contribution in [0.1, 0.15) is 53.9 Å². The lowest BCUT2D eigenvalue weighted by Crippen LogP contribution is -2.33. The molecule has 8 heteroatoms. The zero-order valence-electron chi connectivity index (χ0n) is 17.2. The summed E-state index contributed by atoms with van der Waals surface area (Å²) in [7, 11) is 1.77. The lowest BCUT2D eigenvalue weighted by Gasteiger charge is -2.18. The number of alkyl halides is 2. The van der Waals surface area contributed by atoms with E-state index in [1.165, 1.54) is 12.4 Å². The summed E-state index contributed by atoms with van der Waals surface area (Å²) in [4.78, 5) is 25.2. The molecule has 1 amide bonds. The fraction of sp³-hybridized carbons (Fsp3) is 0.429. The number of amides is 1. The Balaban J connectivity index is 0.00000117. The predicted molar refractivity (Wildman–Crippen MR) is 107 cm³/mol. The minimum absolute atomic E-state index is 0.0872. The van der Waals surface area contributed by atoms with Crippen molar-refractivity contribution < 1.29 is 13.6 Å². The van der Waals surface area contributed by atoms with Crippen LogP contribution in [0.5, 0.6) is 0 Å². The lowest BCUT2D eigenvalue weighted by molar-refractivity contribution is 0.0799. The summed E-state index contributed by atoms with van der Waals surface area (Å²) in [6.07, 6.45) is 2.53. The molecule has 2 aromatic heterocycles. The van der Waals surface area contributed by atoms with Crippen molar-refractivity contribution in [2.75, 3.05) is 0 Å². The molecule has 2 unspecified atom stereocenters. The highest BCUT2D eigenvalue weighted by Gasteiger charge is 2.62. The predicted octanol–water partition coefficient (Wildman–Crippen LogP) is 4.13. The Morgan fingerprint density at radius 3 is 2.52 bits per heavy atom. The van der Waals surface area contributed by atoms with Crippen molar-refractivity contribution in [3.63, 3.8) is 0 Å². The maximum Gasteiger partial charge on any atom is 0.272 e. The molecule has 6 nitrogen and oxygen atoms in total. The Morgan fingerprint density at radius 1 is 1.24 bits per heavy atom. The third-order valence-electron chi connectivity index (χ3n) is 4.93. The average molecular weight is 401 g/mol. The van der Waals surface area contributed by atoms with E-state index in [1.54, 1.807) is 18.5 Å². The normalized spacial score (nSPS) is 18.0. The first-order valence-corrected chi connectivity index (χ1v) is 9.66. The van der Waals surface area contributed by atoms with Crippen molar-refractivity contribution >= 4 is 16.9 Å². The van der Waals surface area contributed by atoms with Gasteiger partial charge < -0.3 is 9.88 Å². The van der Waals surface area contributed by atoms with Crippen LogP contribution in [0.25, 0.3) is 11.0 Å². The molecule has 0 radical (unpaired) electrons. The summed E-state index contributed by atoms with van der Waals surface area (Å²) < 4.78 is 29.5. The van der Waals surface area contributed by atoms with Gasteiger partial charge in [-0.1, -0.05) is 19.9 Å². The van der Waals surface area contributed by atoms with Gasteiger partial charge in [0.05, 0.1) is 34.9 Å². The van der Waals surface area contributed by atoms with E-state index >= 15 is 0 Å². The van der Waals surface area contributed by atoms with Gasteiger partial charge >= 0.3 is 0 Å². The fourth-order valence-electron chi connectivity index (χ4n) is 3.27. The maximum absolute atomic E-state index is 13.9. The average Bonchev–Trinajstić information content (AvgIpc) is 3.21. The minimum Gasteiger partial charge on any atom is -0.340 e. The Labute approximate surface area is 168 Å². The molecule has 154 valence electrons. The first-order valence-electron chi connectivity index (χ1n) is 9.66. The van der Waals surface area contributed by atoms with Crippen LogP contribution in [0.3, 0.4) is 0 Å². The highest BCUT2D eigenvalue weighted by molar-refractivity contribution is 5.92. The van der Waals surface area contributed by atoms with Crippen molar-refractivity contribution in [3.05, 3.63) is 53.4 Å². The van der Waals surface area contributed by atoms with E-state index in [2.05, 4.69) is 20.3 Å². The number of carbonyl (C=O) groups is 1. The summed E-state index contributed by atoms with van der Waals surface area (Å²) >= 11 is 0. The Kier molecular flexibility index (Phi) is 5.64. The van der Waals surface area contributed by atoms with Gasteiger partial charge in [-0.05, 0) is 31.5 Å². The summed E-state index contributed by atoms with van der Waals surface area (Å²) in [6.45, 7) is 7.70. The van der Waals surface area contributed by atoms with E-state index in [4.69, 9.17) is 0 Å². The van der Waals surface area contributed by atoms with E-state index in [1.807, 2.05) is 39.0 Å². The van der Waals surface area contributed by atoms with E-state index in [-0.39, 0.29) is 12.1 Å². The molecule has 3 aromatic rings. The van der Waals surface area contributed by atoms with Crippen LogP contribution >= 0.6 is 0 Å². The van der Waals surface area contributed by atoms with Gasteiger partial charge in [-0.15, -0.1) is 0 Å². The highest BCUT2D eigenvalue weighted by Crippen LogP contribution is 2.55. The minimum atomic E-state index is -2.81. The van der Waals surface area contributed by atoms with Gasteiger partial charge in [-0.3, -0.25) is 9.78 Å². The van der Waals surface area contributed by atoms with E-state index in [0.29, 0.717) is 17.0 Å². The van der Waals surface area contributed by atoms with Crippen molar-refractivity contribution in [2.45, 2.75) is 46.1 Å². The number of carbonyl (C=O) groups excluding carboxylic acids is 1. The zero-order chi connectivity index (χ0) is 21.3. The van der Waals surface area contributed by atoms with E-state index < -0.39 is 23.8 Å². The van der Waals surface area contributed by atoms with E-state index in [0.717, 1.165) is 11.1 Å². The lowest BCUT2D eigenvalue weighted by atomic mass is 10.1. The molecule has 2 atom stereocenters. The molecule has 1 saturated carbocycles. The number of benzene rings is 1. The largest absolute Gasteiger partial charge is 0.340 e. The molecule has 0 saturated heterocycles. The van der Waals surface area contributed by atoms with Gasteiger partial charge in [-0.2, -0.15) is 0 Å². The summed E-state index contributed by atoms with van der Waals surface area (Å²) in [5.74, 6) is -3.94. The van der Waals surface area contributed by atoms with Crippen molar-refractivity contribution in [1.29, 1.82) is 0 Å². The van der Waals surface area contributed by atoms with Crippen LogP contribution in [0.15, 0.2) is 30.6 Å². The highest BCUT2D eigenvalue weighted by atomic mass is 19.3. The smallest absolute Gasteiger partial charge is 0.272 e. The molecule has 1 aliphatic carbocycles. The number of hydrogen-bond acceptors (Lipinski definition) is 4. The first-order chi connectivity index (χ1) is 13.8. The second kappa shape index (κ2) is 7.85. The van der Waals surface area contributed by atoms with Crippen LogP contribution in [0.4, 0.5) is 8.78 Å². The maximum atomic E-state index is 13.9. The van der Waals surface area contributed by atoms with Gasteiger partial charge in [0, 0.05) is 19.7 Å². The standard InChI is InChI=1S/C19H19F2N5O.C2H6/c1-10-4-5-15-13(6-10)24-17(26(15)3)16(12-7-19(12,20)21)25-18(27)14-9-22-11(2)8-23-14;1-2/h4-6,8-9,12,16H,7H2,1-3H3,(H,25,27);1-2H3. The molecule has 1 aliphatic rings. The van der Waals surface area contributed by atoms with Gasteiger partial charge in [0.2, 0.25) is 0 Å². The van der Waals surface area contributed by atoms with E-state index in [9.17, 15) is 13.6 Å². The number of halogens is 2. The second-order valence-electron chi connectivity index (χ2n) is 7.09. The number of nitrogens with zero attached hydrogens (tertiary/aromatic N) is 4. The van der Waals surface area contributed by atoms with Crippen LogP contribution < -0.4 is 5.32 Å². The van der Waals surface area contributed by atoms with Gasteiger partial charge in [0.15, 0.2) is 0 Å². The molecule has 2 heterocycles. The number of aromatic nitrogens is 4. The Bertz CT molecular complexity index is 1030. The monoisotopic (exact) mass is 401 g/mol. The number of hydrogen-bond donors (Lipinski definition) is 1. The van der Waals surface area contributed by atoms with Crippen LogP contribution in [-0.2, 0) is 7.05 Å². The third-order valence-corrected chi connectivity index (χ3v) is 4.93. The van der Waals surface area contributed by atoms with Gasteiger partial charge in [-0.25, -0.2) is 18.7 Å². The zero-order valence-corrected chi connectivity index (χ0v) is 17.2. The SMILES string of the molecule is CC.Cc1ccc2c(c1)nc(C(NC(=O)c1cnc(C)cn1)C1CC1(F)F)n2C. The fourth-order valence-corrected chi connectivity index (χ4v) is 3.27. The molecule has 0 spiro atoms. The van der Waals surface area contributed by atoms with Crippen molar-refractivity contribution in [3.8, 4) is 0 Å². The van der Waals surface area contributed by atoms with Crippen molar-refractivity contribution in [2.24, 2.45) is 13.0 Å². The molecule has 1 fully saturated rings. The van der Waals surface area contributed by atoms with Crippen LogP contribution in [0.2, 0.25) is 0 Å². The van der Waals surface area contributed by atoms with Crippen LogP contribution in [0, 0.1) is 19.8 Å². The summed E-state index contributed by atoms with van der Waals surface area (Å²) in [5.41, 5.74) is 3.32. The van der Waals surface area contributed by atoms with Crippen LogP contribution in [-0.4, -0.2) is 31.3 Å². The molecule has 4 rings (SSSR count). The number of fused-ring (bicyclic) bond motifs is 1. The molecule has 1 N–H and O–H groups in total. The molecule has 0 bridgehead atoms. The number of aryl methyl sites for hydroxylation is 3.